The number of nitrogens with one attached hydrogen (secondary N) is 1. The molecule has 2 aromatic heterocycles. The van der Waals surface area contributed by atoms with E-state index in [0.29, 0.717) is 76.2 Å². The molecule has 2 aliphatic carbocycles. The van der Waals surface area contributed by atoms with E-state index in [2.05, 4.69) is 20.1 Å². The van der Waals surface area contributed by atoms with E-state index in [-0.39, 0.29) is 53.5 Å². The molecule has 2 saturated carbocycles. The van der Waals surface area contributed by atoms with Crippen molar-refractivity contribution in [3.8, 4) is 17.1 Å². The summed E-state index contributed by atoms with van der Waals surface area (Å²) in [6.45, 7) is 6.03. The quantitative estimate of drug-likeness (QED) is 0.157. The van der Waals surface area contributed by atoms with Crippen LogP contribution in [0.4, 0.5) is 10.1 Å². The van der Waals surface area contributed by atoms with Gasteiger partial charge in [-0.25, -0.2) is 22.8 Å². The lowest BCUT2D eigenvalue weighted by Crippen LogP contribution is -2.58. The minimum atomic E-state index is -2.84. The maximum absolute atomic E-state index is 16.7. The average Bonchev–Trinajstić information content (AvgIpc) is 3.74. The highest BCUT2D eigenvalue weighted by atomic mass is 35.5. The lowest BCUT2D eigenvalue weighted by atomic mass is 9.71. The van der Waals surface area contributed by atoms with Gasteiger partial charge in [-0.3, -0.25) is 10.00 Å². The third-order valence-corrected chi connectivity index (χ3v) is 15.6. The first-order valence-electron chi connectivity index (χ1n) is 19.5. The van der Waals surface area contributed by atoms with Gasteiger partial charge < -0.3 is 30.0 Å². The van der Waals surface area contributed by atoms with Crippen molar-refractivity contribution < 1.29 is 32.1 Å². The molecule has 300 valence electrons. The number of ether oxygens (including phenoxy) is 3. The number of aliphatic hydroxyl groups is 1. The fraction of sp³-hybridized carbons (Fsp3) is 0.667. The number of amidine groups is 1. The van der Waals surface area contributed by atoms with Crippen molar-refractivity contribution in [2.75, 3.05) is 70.5 Å². The Kier molecular flexibility index (Phi) is 10.4. The molecule has 55 heavy (non-hydrogen) atoms. The molecule has 4 N–H and O–H groups in total. The van der Waals surface area contributed by atoms with Crippen LogP contribution in [0, 0.1) is 23.6 Å². The Morgan fingerprint density at radius 3 is 2.71 bits per heavy atom. The zero-order valence-corrected chi connectivity index (χ0v) is 33.6. The number of sulfone groups is 1. The molecule has 3 atom stereocenters. The molecule has 3 aliphatic heterocycles. The van der Waals surface area contributed by atoms with Crippen molar-refractivity contribution in [1.29, 1.82) is 0 Å². The second kappa shape index (κ2) is 14.7. The molecule has 5 fully saturated rings. The van der Waals surface area contributed by atoms with Crippen LogP contribution in [-0.4, -0.2) is 127 Å². The number of aliphatic imine (C=N–C) groups is 1. The van der Waals surface area contributed by atoms with Crippen LogP contribution in [0.15, 0.2) is 17.3 Å². The van der Waals surface area contributed by atoms with E-state index in [0.717, 1.165) is 64.3 Å². The molecule has 3 saturated heterocycles. The van der Waals surface area contributed by atoms with Gasteiger partial charge >= 0.3 is 0 Å². The third-order valence-electron chi connectivity index (χ3n) is 13.0. The van der Waals surface area contributed by atoms with Crippen molar-refractivity contribution >= 4 is 43.9 Å². The Morgan fingerprint density at radius 1 is 1.20 bits per heavy atom. The largest absolute Gasteiger partial charge is 0.480 e. The van der Waals surface area contributed by atoms with Crippen LogP contribution in [0.3, 0.4) is 0 Å². The Labute approximate surface area is 327 Å². The highest BCUT2D eigenvalue weighted by molar-refractivity contribution is 7.92. The maximum Gasteiger partial charge on any atom is 0.227 e. The summed E-state index contributed by atoms with van der Waals surface area (Å²) in [6.07, 6.45) is 11.2. The van der Waals surface area contributed by atoms with E-state index in [4.69, 9.17) is 36.5 Å². The summed E-state index contributed by atoms with van der Waals surface area (Å²) < 4.78 is 58.8. The average molecular weight is 802 g/mol. The number of β-amino-alcohol motifs (C(OH)–C–C–N with tert-alkyl or cyclic N) is 1. The topological polar surface area (TPSA) is 168 Å². The van der Waals surface area contributed by atoms with Crippen molar-refractivity contribution in [3.63, 3.8) is 0 Å². The smallest absolute Gasteiger partial charge is 0.227 e. The van der Waals surface area contributed by atoms with E-state index in [1.54, 1.807) is 13.1 Å². The van der Waals surface area contributed by atoms with E-state index in [9.17, 15) is 13.5 Å². The highest BCUT2D eigenvalue weighted by Crippen LogP contribution is 2.52. The number of hydrogen-bond donors (Lipinski definition) is 3. The lowest BCUT2D eigenvalue weighted by molar-refractivity contribution is -0.0591. The van der Waals surface area contributed by atoms with Crippen LogP contribution in [-0.2, 0) is 19.3 Å². The van der Waals surface area contributed by atoms with Crippen molar-refractivity contribution in [3.05, 3.63) is 34.2 Å². The second-order valence-electron chi connectivity index (χ2n) is 17.1. The van der Waals surface area contributed by atoms with Crippen LogP contribution in [0.25, 0.3) is 22.2 Å². The number of fused-ring (bicyclic) bond motifs is 2. The third kappa shape index (κ3) is 7.22. The number of aromatic nitrogens is 3. The zero-order valence-electron chi connectivity index (χ0n) is 32.0. The minimum Gasteiger partial charge on any atom is -0.480 e. The molecule has 1 spiro atoms. The number of nitrogen functional groups attached to an aromatic ring is 1. The van der Waals surface area contributed by atoms with Crippen molar-refractivity contribution in [1.82, 2.24) is 25.0 Å². The van der Waals surface area contributed by atoms with Gasteiger partial charge in [0.15, 0.2) is 15.7 Å². The van der Waals surface area contributed by atoms with Crippen LogP contribution in [0.5, 0.6) is 5.88 Å². The van der Waals surface area contributed by atoms with Gasteiger partial charge in [-0.15, -0.1) is 0 Å². The molecular formula is C39H53ClFN7O6S. The Morgan fingerprint density at radius 2 is 1.96 bits per heavy atom. The first-order chi connectivity index (χ1) is 26.2. The first kappa shape index (κ1) is 38.8. The molecule has 8 rings (SSSR count). The molecule has 1 aromatic carbocycles. The van der Waals surface area contributed by atoms with Gasteiger partial charge in [0.25, 0.3) is 0 Å². The number of piperidine rings is 1. The van der Waals surface area contributed by atoms with Crippen LogP contribution in [0.2, 0.25) is 5.02 Å². The molecule has 13 nitrogen and oxygen atoms in total. The molecular weight excluding hydrogens is 749 g/mol. The van der Waals surface area contributed by atoms with E-state index in [1.807, 2.05) is 17.9 Å². The first-order valence-corrected chi connectivity index (χ1v) is 21.7. The number of methoxy groups -OCH3 is 1. The molecule has 0 radical (unpaired) electrons. The number of halogens is 2. The van der Waals surface area contributed by atoms with Gasteiger partial charge in [0.05, 0.1) is 67.4 Å². The van der Waals surface area contributed by atoms with Crippen molar-refractivity contribution in [2.45, 2.75) is 89.3 Å². The number of anilines is 1. The number of nitrogens with zero attached hydrogens (tertiary/aromatic N) is 5. The fourth-order valence-corrected chi connectivity index (χ4v) is 13.1. The fourth-order valence-electron chi connectivity index (χ4n) is 10.5. The summed E-state index contributed by atoms with van der Waals surface area (Å²) in [5, 5.41) is 19.2. The number of likely N-dealkylation sites (tertiary alicyclic amines) is 1. The number of rotatable bonds is 8. The Bertz CT molecular complexity index is 2070. The summed E-state index contributed by atoms with van der Waals surface area (Å²) in [4.78, 5) is 14.2. The molecule has 3 aromatic rings. The van der Waals surface area contributed by atoms with Crippen LogP contribution >= 0.6 is 11.6 Å². The Balaban J connectivity index is 1.07. The molecule has 16 heteroatoms. The summed E-state index contributed by atoms with van der Waals surface area (Å²) >= 11 is 6.78. The molecule has 5 aliphatic rings. The summed E-state index contributed by atoms with van der Waals surface area (Å²) in [6, 6.07) is 2.72. The summed E-state index contributed by atoms with van der Waals surface area (Å²) in [5.41, 5.74) is 7.10. The van der Waals surface area contributed by atoms with Crippen LogP contribution in [0.1, 0.15) is 75.8 Å². The number of benzene rings is 1. The zero-order chi connectivity index (χ0) is 38.8. The highest BCUT2D eigenvalue weighted by Gasteiger charge is 2.53. The number of pyridine rings is 1. The SMILES string of the molecule is COc1nc(-c2c(Cl)c(C)cc3[nH]ncc23)c(F)c(N)c1/C(=N\COC[C@]12CCC[C@H]1N(C1CCC3(CC1)CS(=O)(=O)C3)CCC2)N1CCOC[C@@](C)(O)C1. The molecule has 0 bridgehead atoms. The van der Waals surface area contributed by atoms with Crippen molar-refractivity contribution in [2.24, 2.45) is 15.8 Å². The molecule has 0 unspecified atom stereocenters. The van der Waals surface area contributed by atoms with Gasteiger partial charge in [0, 0.05) is 35.0 Å². The normalized spacial score (nSPS) is 28.7. The predicted molar refractivity (Wildman–Crippen MR) is 210 cm³/mol. The summed E-state index contributed by atoms with van der Waals surface area (Å²) in [7, 11) is -1.40. The lowest BCUT2D eigenvalue weighted by Gasteiger charge is -2.53. The second-order valence-corrected chi connectivity index (χ2v) is 19.5. The number of aromatic amines is 1. The summed E-state index contributed by atoms with van der Waals surface area (Å²) in [5.74, 6) is 0.288. The van der Waals surface area contributed by atoms with Gasteiger partial charge in [-0.05, 0) is 88.8 Å². The number of H-pyrrole nitrogens is 1. The number of aryl methyl sites for hydroxylation is 1. The van der Waals surface area contributed by atoms with Crippen LogP contribution < -0.4 is 10.5 Å². The predicted octanol–water partition coefficient (Wildman–Crippen LogP) is 5.11. The molecule has 5 heterocycles. The number of hydrogen-bond acceptors (Lipinski definition) is 11. The Hall–Kier alpha value is -3.08. The van der Waals surface area contributed by atoms with Gasteiger partial charge in [-0.2, -0.15) is 5.10 Å². The molecule has 0 amide bonds. The van der Waals surface area contributed by atoms with E-state index < -0.39 is 21.3 Å². The van der Waals surface area contributed by atoms with Gasteiger partial charge in [0.2, 0.25) is 5.88 Å². The standard InChI is InChI=1S/C39H53ClFN7O6S/c1-24-16-27-26(17-44-46-27)29(31(24)40)34-32(41)33(42)30(36(45-34)52-3)35(47-14-15-53-19-37(2,49)18-47)43-23-54-20-39-9-4-6-28(39)48(13-5-10-39)25-7-11-38(12-8-25)21-55(50,51)22-38/h16-17,25,28,49H,4-15,18-23H2,1-3H3,(H2,42,45)(H,44,46)/b43-35+/t28-,37+,39-/m1/s1. The van der Waals surface area contributed by atoms with Gasteiger partial charge in [0.1, 0.15) is 29.4 Å². The van der Waals surface area contributed by atoms with Gasteiger partial charge in [-0.1, -0.05) is 18.0 Å². The maximum atomic E-state index is 16.7. The van der Waals surface area contributed by atoms with E-state index >= 15 is 4.39 Å². The van der Waals surface area contributed by atoms with E-state index in [1.165, 1.54) is 7.11 Å². The monoisotopic (exact) mass is 801 g/mol. The minimum absolute atomic E-state index is 0.000520. The number of nitrogens with two attached hydrogens (primary N) is 1.